The quantitative estimate of drug-likeness (QED) is 0.640. The van der Waals surface area contributed by atoms with E-state index >= 15 is 0 Å². The molecule has 142 valence electrons. The third kappa shape index (κ3) is 3.17. The Morgan fingerprint density at radius 3 is 2.57 bits per heavy atom. The highest BCUT2D eigenvalue weighted by Crippen LogP contribution is 2.43. The Bertz CT molecular complexity index is 1070. The number of aromatic nitrogens is 2. The molecule has 4 rings (SSSR count). The average Bonchev–Trinajstić information content (AvgIpc) is 3.00. The number of fused-ring (bicyclic) bond motifs is 1. The summed E-state index contributed by atoms with van der Waals surface area (Å²) in [5, 5.41) is 3.31. The molecular formula is C22H22N4O2. The van der Waals surface area contributed by atoms with Crippen LogP contribution in [0.5, 0.6) is 0 Å². The lowest BCUT2D eigenvalue weighted by atomic mass is 9.76. The van der Waals surface area contributed by atoms with E-state index < -0.39 is 5.91 Å². The molecule has 1 aliphatic rings. The van der Waals surface area contributed by atoms with Gasteiger partial charge < -0.3 is 16.0 Å². The van der Waals surface area contributed by atoms with Gasteiger partial charge in [-0.3, -0.25) is 14.6 Å². The zero-order valence-corrected chi connectivity index (χ0v) is 15.9. The van der Waals surface area contributed by atoms with Gasteiger partial charge in [-0.25, -0.2) is 0 Å². The Labute approximate surface area is 163 Å². The van der Waals surface area contributed by atoms with Crippen LogP contribution in [0, 0.1) is 5.41 Å². The molecule has 0 saturated heterocycles. The van der Waals surface area contributed by atoms with Gasteiger partial charge in [-0.15, -0.1) is 0 Å². The second-order valence-electron chi connectivity index (χ2n) is 7.94. The molecule has 0 bridgehead atoms. The van der Waals surface area contributed by atoms with Gasteiger partial charge in [0.25, 0.3) is 5.91 Å². The first-order valence-electron chi connectivity index (χ1n) is 9.20. The molecule has 0 radical (unpaired) electrons. The normalized spacial score (nSPS) is 15.1. The number of Topliss-reactive ketones (excluding diaryl/α,β-unsaturated/α-hetero) is 1. The van der Waals surface area contributed by atoms with Crippen molar-refractivity contribution in [3.05, 3.63) is 65.6 Å². The number of pyridine rings is 1. The van der Waals surface area contributed by atoms with Crippen molar-refractivity contribution in [3.63, 3.8) is 0 Å². The number of benzene rings is 1. The monoisotopic (exact) mass is 374 g/mol. The molecule has 2 aromatic heterocycles. The van der Waals surface area contributed by atoms with Gasteiger partial charge in [0.2, 0.25) is 0 Å². The van der Waals surface area contributed by atoms with Crippen LogP contribution in [0.15, 0.2) is 48.8 Å². The lowest BCUT2D eigenvalue weighted by molar-refractivity contribution is 0.0912. The number of hydrogen-bond acceptors (Lipinski definition) is 4. The van der Waals surface area contributed by atoms with Crippen LogP contribution in [0.25, 0.3) is 11.3 Å². The molecule has 3 aromatic rings. The third-order valence-corrected chi connectivity index (χ3v) is 5.07. The second kappa shape index (κ2) is 6.64. The topological polar surface area (TPSA) is 101 Å². The number of nitrogens with zero attached hydrogens (tertiary/aromatic N) is 1. The summed E-state index contributed by atoms with van der Waals surface area (Å²) in [7, 11) is 0. The van der Waals surface area contributed by atoms with Crippen LogP contribution in [-0.4, -0.2) is 21.7 Å². The molecule has 0 unspecified atom stereocenters. The molecule has 1 amide bonds. The maximum atomic E-state index is 13.0. The molecule has 0 saturated carbocycles. The fourth-order valence-corrected chi connectivity index (χ4v) is 3.86. The van der Waals surface area contributed by atoms with Crippen molar-refractivity contribution in [3.8, 4) is 11.3 Å². The summed E-state index contributed by atoms with van der Waals surface area (Å²) in [6.07, 6.45) is 4.66. The number of ketones is 1. The minimum Gasteiger partial charge on any atom is -0.366 e. The molecule has 4 N–H and O–H groups in total. The van der Waals surface area contributed by atoms with Gasteiger partial charge in [-0.05, 0) is 36.1 Å². The van der Waals surface area contributed by atoms with Crippen molar-refractivity contribution >= 4 is 23.1 Å². The van der Waals surface area contributed by atoms with Crippen molar-refractivity contribution in [2.75, 3.05) is 5.32 Å². The summed E-state index contributed by atoms with van der Waals surface area (Å²) < 4.78 is 0. The average molecular weight is 374 g/mol. The van der Waals surface area contributed by atoms with Crippen LogP contribution in [0.3, 0.4) is 0 Å². The number of hydrogen-bond donors (Lipinski definition) is 3. The molecule has 6 heteroatoms. The van der Waals surface area contributed by atoms with Crippen molar-refractivity contribution in [1.29, 1.82) is 0 Å². The van der Waals surface area contributed by atoms with Gasteiger partial charge in [0.05, 0.1) is 28.2 Å². The molecule has 0 spiro atoms. The van der Waals surface area contributed by atoms with E-state index in [-0.39, 0.29) is 11.2 Å². The van der Waals surface area contributed by atoms with Crippen LogP contribution < -0.4 is 11.1 Å². The molecular weight excluding hydrogens is 352 g/mol. The zero-order chi connectivity index (χ0) is 19.9. The Morgan fingerprint density at radius 2 is 1.86 bits per heavy atom. The summed E-state index contributed by atoms with van der Waals surface area (Å²) in [5.74, 6) is -0.438. The Morgan fingerprint density at radius 1 is 1.14 bits per heavy atom. The number of aromatic amines is 1. The summed E-state index contributed by atoms with van der Waals surface area (Å²) in [6.45, 7) is 4.19. The van der Waals surface area contributed by atoms with Crippen LogP contribution in [0.4, 0.5) is 11.4 Å². The highest BCUT2D eigenvalue weighted by atomic mass is 16.1. The second-order valence-corrected chi connectivity index (χ2v) is 7.94. The Hall–Kier alpha value is -3.41. The number of H-pyrrole nitrogens is 1. The largest absolute Gasteiger partial charge is 0.366 e. The molecule has 0 aliphatic heterocycles. The molecule has 0 atom stereocenters. The number of carbonyl (C=O) groups excluding carboxylic acids is 2. The van der Waals surface area contributed by atoms with E-state index in [0.717, 1.165) is 23.4 Å². The van der Waals surface area contributed by atoms with Gasteiger partial charge in [0.1, 0.15) is 0 Å². The predicted molar refractivity (Wildman–Crippen MR) is 109 cm³/mol. The van der Waals surface area contributed by atoms with Crippen LogP contribution in [-0.2, 0) is 6.42 Å². The van der Waals surface area contributed by atoms with Crippen LogP contribution in [0.1, 0.15) is 46.7 Å². The van der Waals surface area contributed by atoms with E-state index in [1.807, 2.05) is 18.2 Å². The van der Waals surface area contributed by atoms with E-state index in [0.29, 0.717) is 28.9 Å². The lowest BCUT2D eigenvalue weighted by Crippen LogP contribution is -2.26. The van der Waals surface area contributed by atoms with Gasteiger partial charge in [-0.1, -0.05) is 26.0 Å². The molecule has 1 aliphatic carbocycles. The molecule has 0 fully saturated rings. The fraction of sp³-hybridized carbons (Fsp3) is 0.227. The Kier molecular flexibility index (Phi) is 4.26. The van der Waals surface area contributed by atoms with E-state index in [1.165, 1.54) is 0 Å². The number of para-hydroxylation sites is 1. The number of amides is 1. The van der Waals surface area contributed by atoms with Crippen molar-refractivity contribution in [2.24, 2.45) is 11.1 Å². The molecule has 2 heterocycles. The van der Waals surface area contributed by atoms with E-state index in [9.17, 15) is 9.59 Å². The standard InChI is InChI=1S/C22H22N4O2/c1-22(2)11-16-18(17(27)12-22)20(19(26-16)13-7-9-24-10-8-13)25-15-6-4-3-5-14(15)21(23)28/h3-10,25-26H,11-12H2,1-2H3,(H2,23,28). The minimum absolute atomic E-state index is 0.0851. The summed E-state index contributed by atoms with van der Waals surface area (Å²) in [5.41, 5.74) is 10.3. The molecule has 6 nitrogen and oxygen atoms in total. The first-order chi connectivity index (χ1) is 13.4. The zero-order valence-electron chi connectivity index (χ0n) is 15.9. The van der Waals surface area contributed by atoms with Crippen molar-refractivity contribution in [1.82, 2.24) is 9.97 Å². The van der Waals surface area contributed by atoms with Crippen LogP contribution in [0.2, 0.25) is 0 Å². The number of rotatable bonds is 4. The first-order valence-corrected chi connectivity index (χ1v) is 9.20. The number of nitrogens with one attached hydrogen (secondary N) is 2. The van der Waals surface area contributed by atoms with Gasteiger partial charge in [-0.2, -0.15) is 0 Å². The number of carbonyl (C=O) groups is 2. The number of primary amides is 1. The SMILES string of the molecule is CC1(C)CC(=O)c2c([nH]c(-c3ccncc3)c2Nc2ccccc2C(N)=O)C1. The predicted octanol–water partition coefficient (Wildman–Crippen LogP) is 4.07. The van der Waals surface area contributed by atoms with E-state index in [4.69, 9.17) is 5.73 Å². The van der Waals surface area contributed by atoms with Crippen molar-refractivity contribution in [2.45, 2.75) is 26.7 Å². The number of nitrogens with two attached hydrogens (primary N) is 1. The summed E-state index contributed by atoms with van der Waals surface area (Å²) in [4.78, 5) is 32.4. The van der Waals surface area contributed by atoms with Gasteiger partial charge in [0.15, 0.2) is 5.78 Å². The first kappa shape index (κ1) is 18.0. The van der Waals surface area contributed by atoms with E-state index in [2.05, 4.69) is 29.1 Å². The molecule has 28 heavy (non-hydrogen) atoms. The molecule has 1 aromatic carbocycles. The van der Waals surface area contributed by atoms with Crippen LogP contribution >= 0.6 is 0 Å². The lowest BCUT2D eigenvalue weighted by Gasteiger charge is -2.28. The van der Waals surface area contributed by atoms with Crippen molar-refractivity contribution < 1.29 is 9.59 Å². The minimum atomic E-state index is -0.523. The smallest absolute Gasteiger partial charge is 0.250 e. The fourth-order valence-electron chi connectivity index (χ4n) is 3.86. The highest BCUT2D eigenvalue weighted by molar-refractivity contribution is 6.08. The van der Waals surface area contributed by atoms with Gasteiger partial charge >= 0.3 is 0 Å². The summed E-state index contributed by atoms with van der Waals surface area (Å²) in [6, 6.07) is 10.8. The van der Waals surface area contributed by atoms with E-state index in [1.54, 1.807) is 30.6 Å². The maximum absolute atomic E-state index is 13.0. The number of anilines is 2. The maximum Gasteiger partial charge on any atom is 0.250 e. The Balaban J connectivity index is 1.90. The van der Waals surface area contributed by atoms with Gasteiger partial charge in [0, 0.05) is 30.1 Å². The third-order valence-electron chi connectivity index (χ3n) is 5.07. The summed E-state index contributed by atoms with van der Waals surface area (Å²) >= 11 is 0. The highest BCUT2D eigenvalue weighted by Gasteiger charge is 2.35.